The molecule has 0 amide bonds. The zero-order valence-electron chi connectivity index (χ0n) is 13.2. The van der Waals surface area contributed by atoms with Gasteiger partial charge in [0, 0.05) is 19.6 Å². The van der Waals surface area contributed by atoms with Crippen molar-refractivity contribution in [1.82, 2.24) is 9.80 Å². The molecule has 1 N–H and O–H groups in total. The van der Waals surface area contributed by atoms with E-state index in [-0.39, 0.29) is 6.04 Å². The molecule has 2 unspecified atom stereocenters. The Labute approximate surface area is 122 Å². The van der Waals surface area contributed by atoms with E-state index in [0.29, 0.717) is 0 Å². The Morgan fingerprint density at radius 1 is 1.20 bits per heavy atom. The third-order valence-corrected chi connectivity index (χ3v) is 4.37. The van der Waals surface area contributed by atoms with Crippen LogP contribution in [0.3, 0.4) is 0 Å². The van der Waals surface area contributed by atoms with Gasteiger partial charge in [0.25, 0.3) is 0 Å². The molecular weight excluding hydrogens is 252 g/mol. The summed E-state index contributed by atoms with van der Waals surface area (Å²) in [7, 11) is 5.88. The zero-order valence-corrected chi connectivity index (χ0v) is 13.2. The predicted molar refractivity (Wildman–Crippen MR) is 81.3 cm³/mol. The standard InChI is InChI=1S/C16H26N2O2/c1-11-9-15(20-5)12(2)8-13(11)16(19)14-10-17(3)6-7-18(14)4/h8-9,14,16,19H,6-7,10H2,1-5H3. The number of rotatable bonds is 3. The highest BCUT2D eigenvalue weighted by molar-refractivity contribution is 5.42. The maximum atomic E-state index is 10.8. The number of methoxy groups -OCH3 is 1. The lowest BCUT2D eigenvalue weighted by atomic mass is 9.93. The van der Waals surface area contributed by atoms with Gasteiger partial charge in [-0.25, -0.2) is 0 Å². The van der Waals surface area contributed by atoms with Gasteiger partial charge in [-0.3, -0.25) is 4.90 Å². The molecule has 112 valence electrons. The van der Waals surface area contributed by atoms with Crippen molar-refractivity contribution in [3.8, 4) is 5.75 Å². The molecule has 4 nitrogen and oxygen atoms in total. The minimum absolute atomic E-state index is 0.139. The minimum Gasteiger partial charge on any atom is -0.496 e. The van der Waals surface area contributed by atoms with E-state index < -0.39 is 6.10 Å². The normalized spacial score (nSPS) is 22.8. The van der Waals surface area contributed by atoms with E-state index >= 15 is 0 Å². The number of aliphatic hydroxyl groups is 1. The summed E-state index contributed by atoms with van der Waals surface area (Å²) in [5.41, 5.74) is 3.16. The van der Waals surface area contributed by atoms with Crippen molar-refractivity contribution in [2.45, 2.75) is 26.0 Å². The molecule has 0 spiro atoms. The van der Waals surface area contributed by atoms with Crippen LogP contribution in [-0.2, 0) is 0 Å². The van der Waals surface area contributed by atoms with Crippen molar-refractivity contribution in [2.75, 3.05) is 40.8 Å². The third kappa shape index (κ3) is 2.97. The first-order valence-corrected chi connectivity index (χ1v) is 7.16. The van der Waals surface area contributed by atoms with Gasteiger partial charge in [-0.05, 0) is 56.8 Å². The van der Waals surface area contributed by atoms with Gasteiger partial charge >= 0.3 is 0 Å². The van der Waals surface area contributed by atoms with Crippen LogP contribution in [0.15, 0.2) is 12.1 Å². The summed E-state index contributed by atoms with van der Waals surface area (Å²) >= 11 is 0. The monoisotopic (exact) mass is 278 g/mol. The summed E-state index contributed by atoms with van der Waals surface area (Å²) in [6, 6.07) is 4.21. The Morgan fingerprint density at radius 2 is 1.90 bits per heavy atom. The minimum atomic E-state index is -0.465. The lowest BCUT2D eigenvalue weighted by molar-refractivity contribution is 0.0135. The first-order valence-electron chi connectivity index (χ1n) is 7.16. The van der Waals surface area contributed by atoms with Gasteiger partial charge in [0.1, 0.15) is 5.75 Å². The molecule has 1 aliphatic rings. The molecule has 1 aromatic carbocycles. The molecule has 2 atom stereocenters. The summed E-state index contributed by atoms with van der Waals surface area (Å²) in [6.45, 7) is 6.99. The highest BCUT2D eigenvalue weighted by Gasteiger charge is 2.30. The second-order valence-electron chi connectivity index (χ2n) is 5.93. The molecule has 1 aromatic rings. The van der Waals surface area contributed by atoms with Crippen molar-refractivity contribution in [1.29, 1.82) is 0 Å². The van der Waals surface area contributed by atoms with E-state index in [9.17, 15) is 5.11 Å². The third-order valence-electron chi connectivity index (χ3n) is 4.37. The van der Waals surface area contributed by atoms with Gasteiger partial charge in [-0.1, -0.05) is 0 Å². The summed E-state index contributed by atoms with van der Waals surface area (Å²) in [4.78, 5) is 4.53. The van der Waals surface area contributed by atoms with E-state index in [4.69, 9.17) is 4.74 Å². The van der Waals surface area contributed by atoms with E-state index in [2.05, 4.69) is 30.0 Å². The van der Waals surface area contributed by atoms with Crippen LogP contribution in [0.5, 0.6) is 5.75 Å². The van der Waals surface area contributed by atoms with E-state index in [1.54, 1.807) is 7.11 Å². The van der Waals surface area contributed by atoms with Gasteiger partial charge in [0.2, 0.25) is 0 Å². The summed E-state index contributed by atoms with van der Waals surface area (Å²) in [5.74, 6) is 0.882. The molecule has 0 radical (unpaired) electrons. The molecule has 2 rings (SSSR count). The largest absolute Gasteiger partial charge is 0.496 e. The number of piperazine rings is 1. The van der Waals surface area contributed by atoms with Crippen LogP contribution in [0, 0.1) is 13.8 Å². The Balaban J connectivity index is 2.28. The van der Waals surface area contributed by atoms with Crippen molar-refractivity contribution < 1.29 is 9.84 Å². The van der Waals surface area contributed by atoms with Crippen LogP contribution in [-0.4, -0.2) is 61.8 Å². The van der Waals surface area contributed by atoms with Gasteiger partial charge in [-0.15, -0.1) is 0 Å². The average Bonchev–Trinajstić information content (AvgIpc) is 2.42. The number of hydrogen-bond donors (Lipinski definition) is 1. The van der Waals surface area contributed by atoms with E-state index in [1.165, 1.54) is 0 Å². The topological polar surface area (TPSA) is 35.9 Å². The zero-order chi connectivity index (χ0) is 14.9. The molecule has 0 aliphatic carbocycles. The molecule has 1 fully saturated rings. The predicted octanol–water partition coefficient (Wildman–Crippen LogP) is 1.59. The summed E-state index contributed by atoms with van der Waals surface area (Å²) < 4.78 is 5.34. The number of likely N-dealkylation sites (N-methyl/N-ethyl adjacent to an activating group) is 2. The molecule has 1 heterocycles. The highest BCUT2D eigenvalue weighted by atomic mass is 16.5. The average molecular weight is 278 g/mol. The lowest BCUT2D eigenvalue weighted by Gasteiger charge is -2.40. The SMILES string of the molecule is COc1cc(C)c(C(O)C2CN(C)CCN2C)cc1C. The Bertz CT molecular complexity index is 476. The van der Waals surface area contributed by atoms with Crippen molar-refractivity contribution in [3.05, 3.63) is 28.8 Å². The number of ether oxygens (including phenoxy) is 1. The molecule has 1 aliphatic heterocycles. The first kappa shape index (κ1) is 15.3. The summed E-state index contributed by atoms with van der Waals surface area (Å²) in [6.07, 6.45) is -0.465. The fourth-order valence-corrected chi connectivity index (χ4v) is 2.94. The van der Waals surface area contributed by atoms with Crippen LogP contribution in [0.4, 0.5) is 0 Å². The molecular formula is C16H26N2O2. The smallest absolute Gasteiger partial charge is 0.122 e. The van der Waals surface area contributed by atoms with Crippen LogP contribution in [0.1, 0.15) is 22.8 Å². The van der Waals surface area contributed by atoms with Gasteiger partial charge in [0.05, 0.1) is 19.3 Å². The quantitative estimate of drug-likeness (QED) is 0.911. The van der Waals surface area contributed by atoms with E-state index in [1.807, 2.05) is 19.9 Å². The van der Waals surface area contributed by atoms with Crippen LogP contribution in [0.25, 0.3) is 0 Å². The van der Waals surface area contributed by atoms with Crippen LogP contribution < -0.4 is 4.74 Å². The van der Waals surface area contributed by atoms with Gasteiger partial charge < -0.3 is 14.7 Å². The molecule has 20 heavy (non-hydrogen) atoms. The highest BCUT2D eigenvalue weighted by Crippen LogP contribution is 2.30. The van der Waals surface area contributed by atoms with Crippen molar-refractivity contribution in [2.24, 2.45) is 0 Å². The van der Waals surface area contributed by atoms with Gasteiger partial charge in [0.15, 0.2) is 0 Å². The van der Waals surface area contributed by atoms with E-state index in [0.717, 1.165) is 42.1 Å². The van der Waals surface area contributed by atoms with Crippen LogP contribution in [0.2, 0.25) is 0 Å². The Morgan fingerprint density at radius 3 is 2.55 bits per heavy atom. The second-order valence-corrected chi connectivity index (χ2v) is 5.93. The number of benzene rings is 1. The summed E-state index contributed by atoms with van der Waals surface area (Å²) in [5, 5.41) is 10.8. The number of nitrogens with zero attached hydrogens (tertiary/aromatic N) is 2. The molecule has 1 saturated heterocycles. The van der Waals surface area contributed by atoms with Gasteiger partial charge in [-0.2, -0.15) is 0 Å². The Kier molecular flexibility index (Phi) is 4.68. The molecule has 0 bridgehead atoms. The Hall–Kier alpha value is -1.10. The number of hydrogen-bond acceptors (Lipinski definition) is 4. The number of aryl methyl sites for hydroxylation is 2. The molecule has 0 saturated carbocycles. The fourth-order valence-electron chi connectivity index (χ4n) is 2.94. The lowest BCUT2D eigenvalue weighted by Crippen LogP contribution is -2.52. The fraction of sp³-hybridized carbons (Fsp3) is 0.625. The second kappa shape index (κ2) is 6.12. The maximum Gasteiger partial charge on any atom is 0.122 e. The first-order chi connectivity index (χ1) is 9.43. The molecule has 4 heteroatoms. The maximum absolute atomic E-state index is 10.8. The van der Waals surface area contributed by atoms with Crippen LogP contribution >= 0.6 is 0 Å². The van der Waals surface area contributed by atoms with Crippen molar-refractivity contribution in [3.63, 3.8) is 0 Å². The number of aliphatic hydroxyl groups excluding tert-OH is 1. The van der Waals surface area contributed by atoms with Crippen molar-refractivity contribution >= 4 is 0 Å². The molecule has 0 aromatic heterocycles.